The van der Waals surface area contributed by atoms with Crippen molar-refractivity contribution in [3.8, 4) is 0 Å². The van der Waals surface area contributed by atoms with Gasteiger partial charge in [0, 0.05) is 24.2 Å². The zero-order chi connectivity index (χ0) is 20.4. The lowest BCUT2D eigenvalue weighted by atomic mass is 10.2. The monoisotopic (exact) mass is 401 g/mol. The van der Waals surface area contributed by atoms with Crippen LogP contribution < -0.4 is 5.84 Å². The van der Waals surface area contributed by atoms with E-state index in [1.807, 2.05) is 25.4 Å². The molecule has 28 heavy (non-hydrogen) atoms. The Bertz CT molecular complexity index is 816. The second-order valence-electron chi connectivity index (χ2n) is 7.02. The van der Waals surface area contributed by atoms with Gasteiger partial charge in [0.05, 0.1) is 19.5 Å². The Morgan fingerprint density at radius 1 is 1.14 bits per heavy atom. The minimum absolute atomic E-state index is 0.638. The van der Waals surface area contributed by atoms with E-state index in [9.17, 15) is 0 Å². The van der Waals surface area contributed by atoms with Gasteiger partial charge in [-0.1, -0.05) is 32.9 Å². The van der Waals surface area contributed by atoms with Gasteiger partial charge in [-0.3, -0.25) is 5.84 Å². The van der Waals surface area contributed by atoms with Crippen molar-refractivity contribution in [2.75, 3.05) is 19.8 Å². The molecule has 0 amide bonds. The van der Waals surface area contributed by atoms with E-state index in [1.165, 1.54) is 17.5 Å². The highest BCUT2D eigenvalue weighted by Crippen LogP contribution is 2.21. The summed E-state index contributed by atoms with van der Waals surface area (Å²) in [4.78, 5) is 9.86. The van der Waals surface area contributed by atoms with Crippen LogP contribution in [0, 0.1) is 5.92 Å². The Morgan fingerprint density at radius 3 is 2.54 bits per heavy atom. The topological polar surface area (TPSA) is 69.2 Å². The Kier molecular flexibility index (Phi) is 9.43. The van der Waals surface area contributed by atoms with Crippen molar-refractivity contribution in [3.63, 3.8) is 0 Å². The molecule has 2 aromatic heterocycles. The summed E-state index contributed by atoms with van der Waals surface area (Å²) in [5, 5.41) is 0. The number of hydrazine groups is 1. The second kappa shape index (κ2) is 11.8. The van der Waals surface area contributed by atoms with Gasteiger partial charge in [-0.05, 0) is 54.6 Å². The Labute approximate surface area is 172 Å². The van der Waals surface area contributed by atoms with E-state index in [1.54, 1.807) is 10.6 Å². The van der Waals surface area contributed by atoms with Crippen LogP contribution in [0.1, 0.15) is 33.3 Å². The quantitative estimate of drug-likeness (QED) is 0.262. The van der Waals surface area contributed by atoms with Crippen LogP contribution in [-0.4, -0.2) is 38.7 Å². The number of ether oxygens (including phenoxy) is 1. The molecule has 0 saturated heterocycles. The minimum Gasteiger partial charge on any atom is -0.380 e. The molecule has 0 aliphatic carbocycles. The summed E-state index contributed by atoms with van der Waals surface area (Å²) in [5.41, 5.74) is 3.01. The highest BCUT2D eigenvalue weighted by Gasteiger charge is 2.05. The summed E-state index contributed by atoms with van der Waals surface area (Å²) >= 11 is 1.51. The lowest BCUT2D eigenvalue weighted by Gasteiger charge is -2.15. The Morgan fingerprint density at radius 2 is 1.86 bits per heavy atom. The van der Waals surface area contributed by atoms with Crippen LogP contribution in [0.3, 0.4) is 0 Å². The van der Waals surface area contributed by atoms with Gasteiger partial charge >= 0.3 is 0 Å². The fourth-order valence-corrected chi connectivity index (χ4v) is 3.04. The first-order chi connectivity index (χ1) is 13.5. The summed E-state index contributed by atoms with van der Waals surface area (Å²) < 4.78 is 9.05. The summed E-state index contributed by atoms with van der Waals surface area (Å²) in [7, 11) is 0. The van der Waals surface area contributed by atoms with Crippen molar-refractivity contribution >= 4 is 23.1 Å². The molecule has 7 heteroatoms. The van der Waals surface area contributed by atoms with Crippen molar-refractivity contribution in [1.29, 1.82) is 0 Å². The summed E-state index contributed by atoms with van der Waals surface area (Å²) in [5.74, 6) is 6.79. The summed E-state index contributed by atoms with van der Waals surface area (Å²) in [6.45, 7) is 11.3. The fraction of sp³-hybridized carbons (Fsp3) is 0.429. The molecule has 0 saturated carbocycles. The number of benzene rings is 1. The maximum atomic E-state index is 5.95. The molecule has 0 bridgehead atoms. The molecule has 0 fully saturated rings. The highest BCUT2D eigenvalue weighted by molar-refractivity contribution is 7.97. The summed E-state index contributed by atoms with van der Waals surface area (Å²) in [6, 6.07) is 12.2. The van der Waals surface area contributed by atoms with Gasteiger partial charge in [0.1, 0.15) is 5.52 Å². The predicted molar refractivity (Wildman–Crippen MR) is 117 cm³/mol. The van der Waals surface area contributed by atoms with Gasteiger partial charge in [-0.25, -0.2) is 9.97 Å². The van der Waals surface area contributed by atoms with E-state index in [0.717, 1.165) is 28.5 Å². The predicted octanol–water partition coefficient (Wildman–Crippen LogP) is 4.36. The van der Waals surface area contributed by atoms with Gasteiger partial charge in [0.25, 0.3) is 0 Å². The van der Waals surface area contributed by atoms with Gasteiger partial charge < -0.3 is 9.30 Å². The Balaban J connectivity index is 0.000000640. The molecule has 0 radical (unpaired) electrons. The number of hydrogen-bond donors (Lipinski definition) is 1. The third kappa shape index (κ3) is 7.59. The molecule has 0 aliphatic rings. The molecule has 1 aromatic carbocycles. The molecule has 0 spiro atoms. The maximum absolute atomic E-state index is 5.95. The van der Waals surface area contributed by atoms with Gasteiger partial charge in [0.15, 0.2) is 5.65 Å². The third-order valence-corrected chi connectivity index (χ3v) is 4.43. The van der Waals surface area contributed by atoms with Crippen LogP contribution in [0.25, 0.3) is 11.2 Å². The van der Waals surface area contributed by atoms with E-state index in [2.05, 4.69) is 59.6 Å². The van der Waals surface area contributed by atoms with Crippen LogP contribution in [0.4, 0.5) is 0 Å². The number of pyridine rings is 1. The smallest absolute Gasteiger partial charge is 0.160 e. The number of imidazole rings is 1. The van der Waals surface area contributed by atoms with Crippen molar-refractivity contribution in [1.82, 2.24) is 18.9 Å². The standard InChI is InChI=1S/C17H21N5OS.C4H10/c1-2-23-11-10-22(18)24-15-7-5-14(6-8-15)12-21-13-20-16-4-3-9-19-17(16)21;1-4(2)3/h3-9,13H,2,10-12,18H2,1H3;4H,1-3H3. The first-order valence-corrected chi connectivity index (χ1v) is 10.4. The van der Waals surface area contributed by atoms with Crippen LogP contribution >= 0.6 is 11.9 Å². The van der Waals surface area contributed by atoms with Gasteiger partial charge in [0.2, 0.25) is 0 Å². The number of fused-ring (bicyclic) bond motifs is 1. The van der Waals surface area contributed by atoms with Crippen LogP contribution in [0.2, 0.25) is 0 Å². The largest absolute Gasteiger partial charge is 0.380 e. The SMILES string of the molecule is CC(C)C.CCOCCN(N)Sc1ccc(Cn2cnc3cccnc32)cc1. The number of aromatic nitrogens is 3. The van der Waals surface area contributed by atoms with Crippen LogP contribution in [-0.2, 0) is 11.3 Å². The number of nitrogens with zero attached hydrogens (tertiary/aromatic N) is 4. The molecule has 3 aromatic rings. The van der Waals surface area contributed by atoms with Crippen LogP contribution in [0.5, 0.6) is 0 Å². The zero-order valence-corrected chi connectivity index (χ0v) is 18.0. The molecule has 0 aliphatic heterocycles. The molecular weight excluding hydrogens is 370 g/mol. The normalized spacial score (nSPS) is 11.1. The molecule has 0 atom stereocenters. The van der Waals surface area contributed by atoms with Crippen molar-refractivity contribution < 1.29 is 4.74 Å². The lowest BCUT2D eigenvalue weighted by molar-refractivity contribution is 0.137. The highest BCUT2D eigenvalue weighted by atomic mass is 32.2. The van der Waals surface area contributed by atoms with Crippen molar-refractivity contribution in [3.05, 3.63) is 54.5 Å². The summed E-state index contributed by atoms with van der Waals surface area (Å²) in [6.07, 6.45) is 3.62. The third-order valence-electron chi connectivity index (χ3n) is 3.53. The minimum atomic E-state index is 0.638. The fourth-order valence-electron chi connectivity index (χ4n) is 2.35. The van der Waals surface area contributed by atoms with Crippen molar-refractivity contribution in [2.24, 2.45) is 11.8 Å². The van der Waals surface area contributed by atoms with Gasteiger partial charge in [-0.2, -0.15) is 4.41 Å². The molecule has 3 rings (SSSR count). The van der Waals surface area contributed by atoms with Gasteiger partial charge in [-0.15, -0.1) is 0 Å². The number of hydrogen-bond acceptors (Lipinski definition) is 6. The second-order valence-corrected chi connectivity index (χ2v) is 8.15. The molecule has 0 unspecified atom stereocenters. The number of nitrogens with two attached hydrogens (primary N) is 1. The van der Waals surface area contributed by atoms with Crippen LogP contribution in [0.15, 0.2) is 53.8 Å². The van der Waals surface area contributed by atoms with E-state index < -0.39 is 0 Å². The molecular formula is C21H31N5OS. The molecule has 6 nitrogen and oxygen atoms in total. The van der Waals surface area contributed by atoms with E-state index in [4.69, 9.17) is 10.6 Å². The number of rotatable bonds is 8. The average molecular weight is 402 g/mol. The van der Waals surface area contributed by atoms with Crippen molar-refractivity contribution in [2.45, 2.75) is 39.1 Å². The first kappa shape index (κ1) is 22.4. The Hall–Kier alpha value is -1.93. The lowest BCUT2D eigenvalue weighted by Crippen LogP contribution is -2.27. The zero-order valence-electron chi connectivity index (χ0n) is 17.2. The molecule has 152 valence electrons. The average Bonchev–Trinajstić information content (AvgIpc) is 3.06. The van der Waals surface area contributed by atoms with E-state index >= 15 is 0 Å². The molecule has 2 heterocycles. The van der Waals surface area contributed by atoms with E-state index in [0.29, 0.717) is 19.8 Å². The maximum Gasteiger partial charge on any atom is 0.160 e. The van der Waals surface area contributed by atoms with E-state index in [-0.39, 0.29) is 0 Å². The molecule has 2 N–H and O–H groups in total. The first-order valence-electron chi connectivity index (χ1n) is 9.62.